The lowest BCUT2D eigenvalue weighted by atomic mass is 10.1. The Labute approximate surface area is 298 Å². The monoisotopic (exact) mass is 694 g/mol. The van der Waals surface area contributed by atoms with Crippen LogP contribution in [-0.4, -0.2) is 59.2 Å². The molecule has 1 fully saturated rings. The van der Waals surface area contributed by atoms with E-state index in [1.807, 2.05) is 45.0 Å². The summed E-state index contributed by atoms with van der Waals surface area (Å²) >= 11 is 1.28. The summed E-state index contributed by atoms with van der Waals surface area (Å²) < 4.78 is 13.9. The third-order valence-electron chi connectivity index (χ3n) is 9.25. The molecule has 3 aromatic carbocycles. The lowest BCUT2D eigenvalue weighted by molar-refractivity contribution is 0.0988. The number of likely N-dealkylation sites (tertiary alicyclic amines) is 1. The van der Waals surface area contributed by atoms with Crippen molar-refractivity contribution in [3.05, 3.63) is 90.3 Å². The highest BCUT2D eigenvalue weighted by molar-refractivity contribution is 7.17. The van der Waals surface area contributed by atoms with Crippen molar-refractivity contribution in [1.29, 1.82) is 0 Å². The number of amides is 3. The number of piperidine rings is 1. The Bertz CT molecular complexity index is 1910. The molecule has 50 heavy (non-hydrogen) atoms. The summed E-state index contributed by atoms with van der Waals surface area (Å²) in [5.41, 5.74) is 4.66. The Balaban J connectivity index is 1.14. The van der Waals surface area contributed by atoms with E-state index in [9.17, 15) is 9.59 Å². The largest absolute Gasteiger partial charge is 0.493 e. The minimum atomic E-state index is -0.268. The van der Waals surface area contributed by atoms with Crippen LogP contribution < -0.4 is 25.0 Å². The van der Waals surface area contributed by atoms with Crippen molar-refractivity contribution < 1.29 is 19.1 Å². The number of methoxy groups -OCH3 is 1. The Morgan fingerprint density at radius 1 is 0.960 bits per heavy atom. The van der Waals surface area contributed by atoms with Crippen LogP contribution in [-0.2, 0) is 6.54 Å². The van der Waals surface area contributed by atoms with E-state index in [2.05, 4.69) is 55.5 Å². The number of ether oxygens (including phenoxy) is 2. The number of rotatable bonds is 13. The molecule has 2 aromatic heterocycles. The Hall–Kier alpha value is -4.87. The van der Waals surface area contributed by atoms with Crippen molar-refractivity contribution in [3.63, 3.8) is 0 Å². The molecule has 0 bridgehead atoms. The van der Waals surface area contributed by atoms with Gasteiger partial charge >= 0.3 is 6.03 Å². The third kappa shape index (κ3) is 7.95. The molecule has 1 saturated heterocycles. The number of carbonyl (C=O) groups is 2. The first-order chi connectivity index (χ1) is 24.4. The summed E-state index contributed by atoms with van der Waals surface area (Å²) in [5, 5.41) is 8.12. The number of urea groups is 1. The van der Waals surface area contributed by atoms with Gasteiger partial charge < -0.3 is 24.7 Å². The van der Waals surface area contributed by atoms with E-state index >= 15 is 0 Å². The van der Waals surface area contributed by atoms with Gasteiger partial charge in [-0.1, -0.05) is 49.8 Å². The molecule has 0 atom stereocenters. The van der Waals surface area contributed by atoms with Crippen molar-refractivity contribution >= 4 is 45.0 Å². The minimum absolute atomic E-state index is 0.113. The molecular formula is C39H46N6O4S. The Morgan fingerprint density at radius 3 is 2.44 bits per heavy atom. The second-order valence-corrected chi connectivity index (χ2v) is 13.5. The van der Waals surface area contributed by atoms with E-state index in [0.717, 1.165) is 43.7 Å². The van der Waals surface area contributed by atoms with Crippen LogP contribution in [0.3, 0.4) is 0 Å². The van der Waals surface area contributed by atoms with Gasteiger partial charge in [0.15, 0.2) is 16.6 Å². The SMILES string of the molecule is CCC(CC)NC(=O)Nc1ccc(Oc2cnc(N(CC)C(=O)c3ccc(-n4cc(CN5CCCCC5)c5ccccc54)cc3)s2)c(OC)c1. The van der Waals surface area contributed by atoms with Crippen LogP contribution in [0.2, 0.25) is 0 Å². The fraction of sp³-hybridized carbons (Fsp3) is 0.359. The topological polar surface area (TPSA) is 101 Å². The maximum absolute atomic E-state index is 13.7. The number of carbonyl (C=O) groups excluding carboxylic acids is 2. The quantitative estimate of drug-likeness (QED) is 0.128. The number of benzene rings is 3. The number of hydrogen-bond donors (Lipinski definition) is 2. The van der Waals surface area contributed by atoms with Gasteiger partial charge in [0.05, 0.1) is 18.8 Å². The van der Waals surface area contributed by atoms with Crippen LogP contribution in [0, 0.1) is 0 Å². The van der Waals surface area contributed by atoms with Crippen molar-refractivity contribution in [2.45, 2.75) is 65.5 Å². The summed E-state index contributed by atoms with van der Waals surface area (Å²) in [6.45, 7) is 9.70. The van der Waals surface area contributed by atoms with E-state index < -0.39 is 0 Å². The summed E-state index contributed by atoms with van der Waals surface area (Å²) in [5.74, 6) is 0.788. The number of nitrogens with one attached hydrogen (secondary N) is 2. The molecule has 10 nitrogen and oxygen atoms in total. The van der Waals surface area contributed by atoms with Crippen molar-refractivity contribution in [3.8, 4) is 22.2 Å². The second kappa shape index (κ2) is 16.2. The number of nitrogens with zero attached hydrogens (tertiary/aromatic N) is 4. The number of anilines is 2. The van der Waals surface area contributed by atoms with Gasteiger partial charge in [-0.3, -0.25) is 14.6 Å². The number of para-hydroxylation sites is 1. The zero-order valence-electron chi connectivity index (χ0n) is 29.3. The van der Waals surface area contributed by atoms with E-state index in [0.29, 0.717) is 39.5 Å². The Morgan fingerprint density at radius 2 is 1.72 bits per heavy atom. The van der Waals surface area contributed by atoms with Gasteiger partial charge in [0.2, 0.25) is 5.06 Å². The highest BCUT2D eigenvalue weighted by atomic mass is 32.1. The van der Waals surface area contributed by atoms with Crippen LogP contribution in [0.25, 0.3) is 16.6 Å². The summed E-state index contributed by atoms with van der Waals surface area (Å²) in [7, 11) is 1.55. The molecule has 262 valence electrons. The van der Waals surface area contributed by atoms with Crippen LogP contribution in [0.5, 0.6) is 16.6 Å². The van der Waals surface area contributed by atoms with Crippen LogP contribution in [0.4, 0.5) is 15.6 Å². The normalized spacial score (nSPS) is 13.4. The molecule has 1 aliphatic rings. The highest BCUT2D eigenvalue weighted by Gasteiger charge is 2.21. The first-order valence-electron chi connectivity index (χ1n) is 17.5. The summed E-state index contributed by atoms with van der Waals surface area (Å²) in [6, 6.07) is 21.4. The molecule has 0 spiro atoms. The van der Waals surface area contributed by atoms with Gasteiger partial charge in [-0.05, 0) is 93.7 Å². The van der Waals surface area contributed by atoms with Crippen LogP contribution in [0.1, 0.15) is 68.8 Å². The molecule has 3 amide bonds. The molecule has 0 unspecified atom stereocenters. The molecular weight excluding hydrogens is 649 g/mol. The zero-order valence-corrected chi connectivity index (χ0v) is 30.1. The second-order valence-electron chi connectivity index (χ2n) is 12.5. The van der Waals surface area contributed by atoms with Crippen molar-refractivity contribution in [2.24, 2.45) is 0 Å². The van der Waals surface area contributed by atoms with Gasteiger partial charge in [0.25, 0.3) is 5.91 Å². The van der Waals surface area contributed by atoms with E-state index in [4.69, 9.17) is 9.47 Å². The van der Waals surface area contributed by atoms with Gasteiger partial charge in [-0.15, -0.1) is 0 Å². The number of aromatic nitrogens is 2. The van der Waals surface area contributed by atoms with Crippen molar-refractivity contribution in [2.75, 3.05) is 37.0 Å². The van der Waals surface area contributed by atoms with E-state index in [1.54, 1.807) is 36.4 Å². The molecule has 0 aliphatic carbocycles. The lowest BCUT2D eigenvalue weighted by Gasteiger charge is -2.26. The average Bonchev–Trinajstić information content (AvgIpc) is 3.76. The predicted octanol–water partition coefficient (Wildman–Crippen LogP) is 8.85. The van der Waals surface area contributed by atoms with Gasteiger partial charge in [0, 0.05) is 53.7 Å². The molecule has 2 N–H and O–H groups in total. The fourth-order valence-electron chi connectivity index (χ4n) is 6.44. The molecule has 11 heteroatoms. The van der Waals surface area contributed by atoms with E-state index in [-0.39, 0.29) is 18.0 Å². The van der Waals surface area contributed by atoms with E-state index in [1.165, 1.54) is 41.5 Å². The van der Waals surface area contributed by atoms with Gasteiger partial charge in [-0.25, -0.2) is 9.78 Å². The standard InChI is InChI=1S/C39H46N6O4S/c1-5-29(6-2)41-38(47)42-30-17-20-34(35(23-30)48-4)49-36-24-40-39(50-36)44(7-3)37(46)27-15-18-31(19-16-27)45-26-28(25-43-21-11-8-12-22-43)32-13-9-10-14-33(32)45/h9-10,13-20,23-24,26,29H,5-8,11-12,21-22,25H2,1-4H3,(H2,41,42,47). The number of fused-ring (bicyclic) bond motifs is 1. The molecule has 0 radical (unpaired) electrons. The Kier molecular flexibility index (Phi) is 11.3. The lowest BCUT2D eigenvalue weighted by Crippen LogP contribution is -2.37. The zero-order chi connectivity index (χ0) is 35.0. The molecule has 6 rings (SSSR count). The minimum Gasteiger partial charge on any atom is -0.493 e. The molecule has 1 aliphatic heterocycles. The maximum atomic E-state index is 13.7. The first kappa shape index (κ1) is 35.0. The predicted molar refractivity (Wildman–Crippen MR) is 201 cm³/mol. The average molecular weight is 695 g/mol. The van der Waals surface area contributed by atoms with Crippen LogP contribution in [0.15, 0.2) is 79.1 Å². The van der Waals surface area contributed by atoms with Crippen molar-refractivity contribution in [1.82, 2.24) is 19.8 Å². The van der Waals surface area contributed by atoms with Gasteiger partial charge in [-0.2, -0.15) is 0 Å². The number of hydrogen-bond acceptors (Lipinski definition) is 7. The van der Waals surface area contributed by atoms with Gasteiger partial charge in [0.1, 0.15) is 0 Å². The summed E-state index contributed by atoms with van der Waals surface area (Å²) in [4.78, 5) is 34.9. The number of thiazole rings is 1. The third-order valence-corrected chi connectivity index (χ3v) is 10.1. The fourth-order valence-corrected chi connectivity index (χ4v) is 7.28. The van der Waals surface area contributed by atoms with Crippen LogP contribution >= 0.6 is 11.3 Å². The molecule has 3 heterocycles. The molecule has 5 aromatic rings. The summed E-state index contributed by atoms with van der Waals surface area (Å²) in [6.07, 6.45) is 9.41. The highest BCUT2D eigenvalue weighted by Crippen LogP contribution is 2.38. The smallest absolute Gasteiger partial charge is 0.319 e. The molecule has 0 saturated carbocycles. The first-order valence-corrected chi connectivity index (χ1v) is 18.3. The maximum Gasteiger partial charge on any atom is 0.319 e.